The first-order chi connectivity index (χ1) is 14.3. The number of carbonyl (C=O) groups excluding carboxylic acids is 1. The van der Waals surface area contributed by atoms with Gasteiger partial charge < -0.3 is 14.4 Å². The molecule has 3 rings (SSSR count). The summed E-state index contributed by atoms with van der Waals surface area (Å²) in [4.78, 5) is 14.4. The smallest absolute Gasteiger partial charge is 0.243 e. The number of nitrogens with zero attached hydrogens (tertiary/aromatic N) is 2. The van der Waals surface area contributed by atoms with Crippen molar-refractivity contribution in [1.29, 1.82) is 0 Å². The van der Waals surface area contributed by atoms with Crippen LogP contribution in [-0.2, 0) is 14.8 Å². The average Bonchev–Trinajstić information content (AvgIpc) is 2.76. The zero-order valence-corrected chi connectivity index (χ0v) is 18.4. The van der Waals surface area contributed by atoms with Crippen molar-refractivity contribution >= 4 is 15.9 Å². The molecule has 0 N–H and O–H groups in total. The number of aryl methyl sites for hydroxylation is 2. The molecular weight excluding hydrogens is 404 g/mol. The molecule has 1 amide bonds. The standard InChI is InChI=1S/C22H28N2O5S/c1-17-4-5-20(16-18(17)2)29-15-10-22(25)23-11-13-24(14-12-23)30(26,27)21-8-6-19(28-3)7-9-21/h4-9,16H,10-15H2,1-3H3. The normalized spacial score (nSPS) is 15.1. The second kappa shape index (κ2) is 9.49. The van der Waals surface area contributed by atoms with Gasteiger partial charge in [-0.25, -0.2) is 8.42 Å². The SMILES string of the molecule is COc1ccc(S(=O)(=O)N2CCN(C(=O)CCOc3ccc(C)c(C)c3)CC2)cc1. The summed E-state index contributed by atoms with van der Waals surface area (Å²) in [5.41, 5.74) is 2.34. The van der Waals surface area contributed by atoms with Crippen LogP contribution in [0.1, 0.15) is 17.5 Å². The summed E-state index contributed by atoms with van der Waals surface area (Å²) in [5.74, 6) is 1.33. The lowest BCUT2D eigenvalue weighted by Crippen LogP contribution is -2.50. The Morgan fingerprint density at radius 2 is 1.57 bits per heavy atom. The molecule has 0 aromatic heterocycles. The molecule has 0 spiro atoms. The van der Waals surface area contributed by atoms with Gasteiger partial charge in [0.1, 0.15) is 11.5 Å². The molecule has 1 aliphatic rings. The van der Waals surface area contributed by atoms with E-state index < -0.39 is 10.0 Å². The van der Waals surface area contributed by atoms with E-state index in [4.69, 9.17) is 9.47 Å². The predicted octanol–water partition coefficient (Wildman–Crippen LogP) is 2.61. The number of sulfonamides is 1. The Bertz CT molecular complexity index is 981. The minimum absolute atomic E-state index is 0.0275. The average molecular weight is 433 g/mol. The number of hydrogen-bond acceptors (Lipinski definition) is 5. The van der Waals surface area contributed by atoms with Crippen LogP contribution in [0.2, 0.25) is 0 Å². The van der Waals surface area contributed by atoms with Crippen LogP contribution < -0.4 is 9.47 Å². The van der Waals surface area contributed by atoms with Crippen LogP contribution in [0.4, 0.5) is 0 Å². The van der Waals surface area contributed by atoms with Gasteiger partial charge in [-0.15, -0.1) is 0 Å². The van der Waals surface area contributed by atoms with Crippen LogP contribution in [0.15, 0.2) is 47.4 Å². The number of methoxy groups -OCH3 is 1. The molecule has 1 aliphatic heterocycles. The van der Waals surface area contributed by atoms with E-state index in [-0.39, 0.29) is 30.3 Å². The number of benzene rings is 2. The molecule has 0 aliphatic carbocycles. The molecule has 1 heterocycles. The maximum atomic E-state index is 12.8. The summed E-state index contributed by atoms with van der Waals surface area (Å²) in [6.45, 7) is 5.65. The van der Waals surface area contributed by atoms with E-state index in [0.717, 1.165) is 11.3 Å². The Balaban J connectivity index is 1.49. The Morgan fingerprint density at radius 3 is 2.17 bits per heavy atom. The van der Waals surface area contributed by atoms with Gasteiger partial charge in [-0.05, 0) is 61.4 Å². The first-order valence-corrected chi connectivity index (χ1v) is 11.4. The van der Waals surface area contributed by atoms with Crippen LogP contribution in [0.5, 0.6) is 11.5 Å². The summed E-state index contributed by atoms with van der Waals surface area (Å²) in [6, 6.07) is 12.2. The van der Waals surface area contributed by atoms with Gasteiger partial charge in [0.05, 0.1) is 25.0 Å². The largest absolute Gasteiger partial charge is 0.497 e. The fourth-order valence-electron chi connectivity index (χ4n) is 3.29. The minimum atomic E-state index is -3.58. The van der Waals surface area contributed by atoms with Gasteiger partial charge in [0.2, 0.25) is 15.9 Å². The number of carbonyl (C=O) groups is 1. The third-order valence-corrected chi connectivity index (χ3v) is 7.26. The maximum absolute atomic E-state index is 12.8. The van der Waals surface area contributed by atoms with Crippen LogP contribution in [0, 0.1) is 13.8 Å². The van der Waals surface area contributed by atoms with Gasteiger partial charge in [-0.3, -0.25) is 4.79 Å². The van der Waals surface area contributed by atoms with Gasteiger partial charge in [0.15, 0.2) is 0 Å². The van der Waals surface area contributed by atoms with Crippen molar-refractivity contribution in [2.45, 2.75) is 25.2 Å². The number of hydrogen-bond donors (Lipinski definition) is 0. The lowest BCUT2D eigenvalue weighted by Gasteiger charge is -2.34. The van der Waals surface area contributed by atoms with Crippen molar-refractivity contribution in [3.63, 3.8) is 0 Å². The third-order valence-electron chi connectivity index (χ3n) is 5.35. The molecule has 1 saturated heterocycles. The second-order valence-corrected chi connectivity index (χ2v) is 9.24. The van der Waals surface area contributed by atoms with Gasteiger partial charge in [-0.2, -0.15) is 4.31 Å². The van der Waals surface area contributed by atoms with Crippen LogP contribution in [0.3, 0.4) is 0 Å². The lowest BCUT2D eigenvalue weighted by atomic mass is 10.1. The number of ether oxygens (including phenoxy) is 2. The first kappa shape index (κ1) is 22.1. The molecule has 30 heavy (non-hydrogen) atoms. The molecule has 2 aromatic carbocycles. The Labute approximate surface area is 178 Å². The summed E-state index contributed by atoms with van der Waals surface area (Å²) in [6.07, 6.45) is 0.262. The molecule has 0 atom stereocenters. The van der Waals surface area contributed by atoms with Crippen LogP contribution >= 0.6 is 0 Å². The summed E-state index contributed by atoms with van der Waals surface area (Å²) in [7, 11) is -2.05. The molecule has 0 radical (unpaired) electrons. The highest BCUT2D eigenvalue weighted by Crippen LogP contribution is 2.21. The van der Waals surface area contributed by atoms with Gasteiger partial charge in [0.25, 0.3) is 0 Å². The second-order valence-electron chi connectivity index (χ2n) is 7.30. The first-order valence-electron chi connectivity index (χ1n) is 9.93. The molecule has 0 unspecified atom stereocenters. The monoisotopic (exact) mass is 432 g/mol. The lowest BCUT2D eigenvalue weighted by molar-refractivity contribution is -0.132. The van der Waals surface area contributed by atoms with E-state index in [9.17, 15) is 13.2 Å². The van der Waals surface area contributed by atoms with Crippen molar-refractivity contribution in [3.8, 4) is 11.5 Å². The fraction of sp³-hybridized carbons (Fsp3) is 0.409. The van der Waals surface area contributed by atoms with E-state index in [1.807, 2.05) is 32.0 Å². The van der Waals surface area contributed by atoms with Crippen molar-refractivity contribution in [3.05, 3.63) is 53.6 Å². The molecule has 7 nitrogen and oxygen atoms in total. The van der Waals surface area contributed by atoms with Crippen molar-refractivity contribution in [2.75, 3.05) is 39.9 Å². The molecule has 8 heteroatoms. The van der Waals surface area contributed by atoms with E-state index in [0.29, 0.717) is 25.4 Å². The third kappa shape index (κ3) is 5.12. The summed E-state index contributed by atoms with van der Waals surface area (Å²) in [5, 5.41) is 0. The molecule has 0 bridgehead atoms. The highest BCUT2D eigenvalue weighted by atomic mass is 32.2. The summed E-state index contributed by atoms with van der Waals surface area (Å²) < 4.78 is 37.8. The Kier molecular flexibility index (Phi) is 6.99. The van der Waals surface area contributed by atoms with Crippen molar-refractivity contribution < 1.29 is 22.7 Å². The molecule has 2 aromatic rings. The van der Waals surface area contributed by atoms with E-state index >= 15 is 0 Å². The van der Waals surface area contributed by atoms with Crippen molar-refractivity contribution in [1.82, 2.24) is 9.21 Å². The molecule has 0 saturated carbocycles. The number of rotatable bonds is 7. The Hall–Kier alpha value is -2.58. The molecule has 162 valence electrons. The zero-order chi connectivity index (χ0) is 21.7. The molecule has 1 fully saturated rings. The van der Waals surface area contributed by atoms with Crippen LogP contribution in [0.25, 0.3) is 0 Å². The minimum Gasteiger partial charge on any atom is -0.497 e. The summed E-state index contributed by atoms with van der Waals surface area (Å²) >= 11 is 0. The van der Waals surface area contributed by atoms with Crippen molar-refractivity contribution in [2.24, 2.45) is 0 Å². The van der Waals surface area contributed by atoms with Gasteiger partial charge >= 0.3 is 0 Å². The Morgan fingerprint density at radius 1 is 0.933 bits per heavy atom. The predicted molar refractivity (Wildman–Crippen MR) is 114 cm³/mol. The zero-order valence-electron chi connectivity index (χ0n) is 17.6. The highest BCUT2D eigenvalue weighted by molar-refractivity contribution is 7.89. The topological polar surface area (TPSA) is 76.2 Å². The van der Waals surface area contributed by atoms with E-state index in [2.05, 4.69) is 0 Å². The quantitative estimate of drug-likeness (QED) is 0.672. The molecular formula is C22H28N2O5S. The number of amides is 1. The highest BCUT2D eigenvalue weighted by Gasteiger charge is 2.30. The maximum Gasteiger partial charge on any atom is 0.243 e. The van der Waals surface area contributed by atoms with Gasteiger partial charge in [-0.1, -0.05) is 6.07 Å². The van der Waals surface area contributed by atoms with E-state index in [1.54, 1.807) is 17.0 Å². The number of piperazine rings is 1. The van der Waals surface area contributed by atoms with Crippen LogP contribution in [-0.4, -0.2) is 63.4 Å². The van der Waals surface area contributed by atoms with E-state index in [1.165, 1.54) is 29.1 Å². The van der Waals surface area contributed by atoms with Gasteiger partial charge in [0, 0.05) is 26.2 Å². The fourth-order valence-corrected chi connectivity index (χ4v) is 4.71.